The lowest BCUT2D eigenvalue weighted by atomic mass is 10.2. The lowest BCUT2D eigenvalue weighted by Gasteiger charge is -2.26. The van der Waals surface area contributed by atoms with E-state index in [2.05, 4.69) is 24.2 Å². The summed E-state index contributed by atoms with van der Waals surface area (Å²) in [5.74, 6) is 1.31. The Morgan fingerprint density at radius 3 is 2.74 bits per heavy atom. The minimum Gasteiger partial charge on any atom is -0.404 e. The third-order valence-electron chi connectivity index (χ3n) is 3.96. The van der Waals surface area contributed by atoms with Crippen LogP contribution in [0.25, 0.3) is 0 Å². The van der Waals surface area contributed by atoms with Crippen LogP contribution in [0, 0.1) is 6.92 Å². The van der Waals surface area contributed by atoms with Crippen LogP contribution >= 0.6 is 0 Å². The van der Waals surface area contributed by atoms with E-state index in [9.17, 15) is 13.2 Å². The van der Waals surface area contributed by atoms with Gasteiger partial charge in [0.05, 0.1) is 6.20 Å². The summed E-state index contributed by atoms with van der Waals surface area (Å²) in [5, 5.41) is 0. The molecule has 0 amide bonds. The molecule has 0 aliphatic carbocycles. The Morgan fingerprint density at radius 2 is 2.13 bits per heavy atom. The Labute approximate surface area is 131 Å². The van der Waals surface area contributed by atoms with Crippen molar-refractivity contribution in [3.05, 3.63) is 36.5 Å². The monoisotopic (exact) mass is 326 g/mol. The van der Waals surface area contributed by atoms with Gasteiger partial charge in [0.15, 0.2) is 0 Å². The normalized spacial score (nSPS) is 18.4. The van der Waals surface area contributed by atoms with Crippen molar-refractivity contribution in [1.82, 2.24) is 14.5 Å². The molecule has 0 spiro atoms. The third-order valence-corrected chi connectivity index (χ3v) is 3.96. The number of anilines is 1. The Bertz CT molecular complexity index is 653. The summed E-state index contributed by atoms with van der Waals surface area (Å²) in [6.45, 7) is 3.57. The van der Waals surface area contributed by atoms with Crippen LogP contribution < -0.4 is 9.64 Å². The summed E-state index contributed by atoms with van der Waals surface area (Å²) in [4.78, 5) is 10.5. The van der Waals surface area contributed by atoms with Crippen molar-refractivity contribution in [2.75, 3.05) is 11.4 Å². The van der Waals surface area contributed by atoms with Crippen LogP contribution in [-0.2, 0) is 6.54 Å². The first-order valence-corrected chi connectivity index (χ1v) is 7.38. The zero-order valence-electron chi connectivity index (χ0n) is 12.6. The molecule has 1 fully saturated rings. The van der Waals surface area contributed by atoms with E-state index in [4.69, 9.17) is 0 Å². The SMILES string of the molecule is Cc1nccn1C[C@@H]1CCCN1c1ccc(OC(F)(F)F)cn1. The number of halogens is 3. The fourth-order valence-corrected chi connectivity index (χ4v) is 2.89. The van der Waals surface area contributed by atoms with Crippen molar-refractivity contribution in [2.45, 2.75) is 38.7 Å². The van der Waals surface area contributed by atoms with Crippen molar-refractivity contribution in [3.8, 4) is 5.75 Å². The largest absolute Gasteiger partial charge is 0.573 e. The molecule has 1 saturated heterocycles. The highest BCUT2D eigenvalue weighted by Crippen LogP contribution is 2.28. The first kappa shape index (κ1) is 15.6. The van der Waals surface area contributed by atoms with Crippen LogP contribution in [0.3, 0.4) is 0 Å². The van der Waals surface area contributed by atoms with Gasteiger partial charge in [0.2, 0.25) is 0 Å². The molecule has 3 heterocycles. The summed E-state index contributed by atoms with van der Waals surface area (Å²) in [6.07, 6.45) is 2.15. The van der Waals surface area contributed by atoms with Gasteiger partial charge >= 0.3 is 6.36 Å². The molecule has 1 aliphatic heterocycles. The van der Waals surface area contributed by atoms with Gasteiger partial charge in [-0.3, -0.25) is 0 Å². The summed E-state index contributed by atoms with van der Waals surface area (Å²) >= 11 is 0. The number of imidazole rings is 1. The summed E-state index contributed by atoms with van der Waals surface area (Å²) in [7, 11) is 0. The smallest absolute Gasteiger partial charge is 0.404 e. The van der Waals surface area contributed by atoms with Gasteiger partial charge in [-0.15, -0.1) is 13.2 Å². The van der Waals surface area contributed by atoms with Crippen LogP contribution in [0.15, 0.2) is 30.7 Å². The zero-order chi connectivity index (χ0) is 16.4. The molecule has 0 aromatic carbocycles. The molecule has 8 heteroatoms. The predicted octanol–water partition coefficient (Wildman–Crippen LogP) is 3.15. The van der Waals surface area contributed by atoms with E-state index in [0.717, 1.165) is 38.0 Å². The van der Waals surface area contributed by atoms with E-state index in [-0.39, 0.29) is 11.8 Å². The van der Waals surface area contributed by atoms with Crippen molar-refractivity contribution in [2.24, 2.45) is 0 Å². The predicted molar refractivity (Wildman–Crippen MR) is 78.3 cm³/mol. The molecule has 0 saturated carbocycles. The molecule has 5 nitrogen and oxygen atoms in total. The van der Waals surface area contributed by atoms with Gasteiger partial charge in [-0.1, -0.05) is 0 Å². The lowest BCUT2D eigenvalue weighted by molar-refractivity contribution is -0.274. The molecule has 3 rings (SSSR count). The number of hydrogen-bond donors (Lipinski definition) is 0. The fourth-order valence-electron chi connectivity index (χ4n) is 2.89. The van der Waals surface area contributed by atoms with E-state index in [0.29, 0.717) is 5.82 Å². The van der Waals surface area contributed by atoms with E-state index < -0.39 is 6.36 Å². The lowest BCUT2D eigenvalue weighted by Crippen LogP contribution is -2.33. The second kappa shape index (κ2) is 6.10. The topological polar surface area (TPSA) is 43.2 Å². The molecule has 0 unspecified atom stereocenters. The fraction of sp³-hybridized carbons (Fsp3) is 0.467. The number of rotatable bonds is 4. The van der Waals surface area contributed by atoms with Crippen molar-refractivity contribution in [3.63, 3.8) is 0 Å². The Balaban J connectivity index is 1.71. The van der Waals surface area contributed by atoms with Crippen molar-refractivity contribution < 1.29 is 17.9 Å². The maximum atomic E-state index is 12.2. The van der Waals surface area contributed by atoms with Crippen LogP contribution in [0.4, 0.5) is 19.0 Å². The minimum atomic E-state index is -4.70. The van der Waals surface area contributed by atoms with Gasteiger partial charge in [-0.2, -0.15) is 0 Å². The molecule has 0 bridgehead atoms. The standard InChI is InChI=1S/C15H17F3N4O/c1-11-19-6-8-21(11)10-12-3-2-7-22(12)14-5-4-13(9-20-14)23-15(16,17)18/h4-6,8-9,12H,2-3,7,10H2,1H3/t12-/m0/s1. The molecule has 23 heavy (non-hydrogen) atoms. The van der Waals surface area contributed by atoms with E-state index in [1.54, 1.807) is 12.3 Å². The van der Waals surface area contributed by atoms with Crippen molar-refractivity contribution in [1.29, 1.82) is 0 Å². The van der Waals surface area contributed by atoms with Gasteiger partial charge < -0.3 is 14.2 Å². The highest BCUT2D eigenvalue weighted by molar-refractivity contribution is 5.43. The average Bonchev–Trinajstić information content (AvgIpc) is 3.09. The van der Waals surface area contributed by atoms with Crippen LogP contribution in [0.1, 0.15) is 18.7 Å². The highest BCUT2D eigenvalue weighted by atomic mass is 19.4. The third kappa shape index (κ3) is 3.75. The van der Waals surface area contributed by atoms with Crippen molar-refractivity contribution >= 4 is 5.82 Å². The summed E-state index contributed by atoms with van der Waals surface area (Å²) in [6, 6.07) is 3.12. The van der Waals surface area contributed by atoms with Gasteiger partial charge in [-0.25, -0.2) is 9.97 Å². The number of hydrogen-bond acceptors (Lipinski definition) is 4. The summed E-state index contributed by atoms with van der Waals surface area (Å²) in [5.41, 5.74) is 0. The summed E-state index contributed by atoms with van der Waals surface area (Å²) < 4.78 is 42.5. The molecule has 1 aliphatic rings. The number of nitrogens with zero attached hydrogens (tertiary/aromatic N) is 4. The molecule has 2 aromatic rings. The molecular weight excluding hydrogens is 309 g/mol. The van der Waals surface area contributed by atoms with Gasteiger partial charge in [-0.05, 0) is 31.9 Å². The van der Waals surface area contributed by atoms with E-state index in [1.165, 1.54) is 6.07 Å². The Kier molecular flexibility index (Phi) is 4.14. The quantitative estimate of drug-likeness (QED) is 0.866. The minimum absolute atomic E-state index is 0.254. The van der Waals surface area contributed by atoms with Crippen LogP contribution in [0.5, 0.6) is 5.75 Å². The second-order valence-electron chi connectivity index (χ2n) is 5.52. The maximum Gasteiger partial charge on any atom is 0.573 e. The number of aryl methyl sites for hydroxylation is 1. The van der Waals surface area contributed by atoms with Gasteiger partial charge in [0.1, 0.15) is 17.4 Å². The molecule has 1 atom stereocenters. The molecular formula is C15H17F3N4O. The first-order chi connectivity index (χ1) is 10.9. The molecule has 2 aromatic heterocycles. The molecule has 0 N–H and O–H groups in total. The molecule has 0 radical (unpaired) electrons. The maximum absolute atomic E-state index is 12.2. The van der Waals surface area contributed by atoms with E-state index >= 15 is 0 Å². The van der Waals surface area contributed by atoms with Crippen LogP contribution in [-0.4, -0.2) is 33.5 Å². The molecule has 124 valence electrons. The highest BCUT2D eigenvalue weighted by Gasteiger charge is 2.31. The zero-order valence-corrected chi connectivity index (χ0v) is 12.6. The Morgan fingerprint density at radius 1 is 1.30 bits per heavy atom. The van der Waals surface area contributed by atoms with E-state index in [1.807, 2.05) is 13.1 Å². The Hall–Kier alpha value is -2.25. The van der Waals surface area contributed by atoms with Gasteiger partial charge in [0, 0.05) is 31.5 Å². The average molecular weight is 326 g/mol. The second-order valence-corrected chi connectivity index (χ2v) is 5.52. The first-order valence-electron chi connectivity index (χ1n) is 7.38. The van der Waals surface area contributed by atoms with Gasteiger partial charge in [0.25, 0.3) is 0 Å². The number of ether oxygens (including phenoxy) is 1. The number of aromatic nitrogens is 3. The number of alkyl halides is 3. The number of pyridine rings is 1. The van der Waals surface area contributed by atoms with Crippen LogP contribution in [0.2, 0.25) is 0 Å².